The summed E-state index contributed by atoms with van der Waals surface area (Å²) in [5.41, 5.74) is 4.74. The summed E-state index contributed by atoms with van der Waals surface area (Å²) in [6, 6.07) is 24.3. The molecule has 7 nitrogen and oxygen atoms in total. The number of rotatable bonds is 8. The Bertz CT molecular complexity index is 1300. The minimum Gasteiger partial charge on any atom is -0.481 e. The largest absolute Gasteiger partial charge is 0.481 e. The van der Waals surface area contributed by atoms with Gasteiger partial charge in [-0.1, -0.05) is 48.5 Å². The van der Waals surface area contributed by atoms with E-state index < -0.39 is 11.9 Å². The Labute approximate surface area is 210 Å². The molecule has 3 aromatic carbocycles. The Morgan fingerprint density at radius 1 is 1.00 bits per heavy atom. The van der Waals surface area contributed by atoms with Crippen LogP contribution in [0.5, 0.6) is 0 Å². The van der Waals surface area contributed by atoms with Gasteiger partial charge in [-0.15, -0.1) is 0 Å². The van der Waals surface area contributed by atoms with Gasteiger partial charge >= 0.3 is 5.97 Å². The number of hydrogen-bond donors (Lipinski definition) is 2. The van der Waals surface area contributed by atoms with Crippen LogP contribution in [0.3, 0.4) is 0 Å². The van der Waals surface area contributed by atoms with Crippen molar-refractivity contribution < 1.29 is 19.5 Å². The van der Waals surface area contributed by atoms with Gasteiger partial charge in [0.15, 0.2) is 0 Å². The Morgan fingerprint density at radius 3 is 2.44 bits per heavy atom. The topological polar surface area (TPSA) is 111 Å². The van der Waals surface area contributed by atoms with Gasteiger partial charge in [0.1, 0.15) is 0 Å². The first kappa shape index (κ1) is 24.7. The molecule has 0 bridgehead atoms. The van der Waals surface area contributed by atoms with Gasteiger partial charge in [0, 0.05) is 25.2 Å². The summed E-state index contributed by atoms with van der Waals surface area (Å²) in [6.07, 6.45) is 0.700. The molecule has 36 heavy (non-hydrogen) atoms. The van der Waals surface area contributed by atoms with E-state index >= 15 is 0 Å². The SMILES string of the molecule is N#Cc1ccc(CNC(=O)c2ccc3c(c2)CC(CC(=O)O)C(=O)N(CCc2ccccc2)C3)cc1. The zero-order valence-electron chi connectivity index (χ0n) is 19.8. The fourth-order valence-corrected chi connectivity index (χ4v) is 4.46. The third-order valence-corrected chi connectivity index (χ3v) is 6.43. The molecule has 3 aromatic rings. The van der Waals surface area contributed by atoms with Crippen molar-refractivity contribution in [1.29, 1.82) is 5.26 Å². The van der Waals surface area contributed by atoms with Crippen molar-refractivity contribution in [3.05, 3.63) is 106 Å². The van der Waals surface area contributed by atoms with Crippen molar-refractivity contribution in [3.8, 4) is 6.07 Å². The van der Waals surface area contributed by atoms with Crippen molar-refractivity contribution in [2.45, 2.75) is 32.4 Å². The third kappa shape index (κ3) is 6.16. The van der Waals surface area contributed by atoms with Gasteiger partial charge in [-0.05, 0) is 59.4 Å². The van der Waals surface area contributed by atoms with Crippen molar-refractivity contribution in [2.24, 2.45) is 5.92 Å². The lowest BCUT2D eigenvalue weighted by Gasteiger charge is -2.24. The predicted octanol–water partition coefficient (Wildman–Crippen LogP) is 3.71. The fourth-order valence-electron chi connectivity index (χ4n) is 4.46. The molecule has 2 amide bonds. The quantitative estimate of drug-likeness (QED) is 0.510. The zero-order valence-corrected chi connectivity index (χ0v) is 19.8. The molecule has 0 fully saturated rings. The summed E-state index contributed by atoms with van der Waals surface area (Å²) in [4.78, 5) is 39.3. The number of aliphatic carboxylic acids is 1. The Kier molecular flexibility index (Phi) is 7.76. The molecule has 0 saturated carbocycles. The van der Waals surface area contributed by atoms with Crippen molar-refractivity contribution >= 4 is 17.8 Å². The molecule has 0 spiro atoms. The Hall–Kier alpha value is -4.44. The highest BCUT2D eigenvalue weighted by Crippen LogP contribution is 2.26. The van der Waals surface area contributed by atoms with Gasteiger partial charge in [0.25, 0.3) is 5.91 Å². The summed E-state index contributed by atoms with van der Waals surface area (Å²) in [6.45, 7) is 1.19. The Morgan fingerprint density at radius 2 is 1.75 bits per heavy atom. The van der Waals surface area contributed by atoms with Crippen LogP contribution in [0.15, 0.2) is 72.8 Å². The average molecular weight is 482 g/mol. The molecule has 2 N–H and O–H groups in total. The van der Waals surface area contributed by atoms with Gasteiger partial charge in [0.05, 0.1) is 24.0 Å². The molecular weight excluding hydrogens is 454 g/mol. The molecule has 1 aliphatic heterocycles. The molecule has 0 radical (unpaired) electrons. The number of benzene rings is 3. The van der Waals surface area contributed by atoms with Gasteiger partial charge in [-0.3, -0.25) is 14.4 Å². The second-order valence-corrected chi connectivity index (χ2v) is 8.97. The van der Waals surface area contributed by atoms with Crippen LogP contribution in [0.4, 0.5) is 0 Å². The second kappa shape index (κ2) is 11.3. The van der Waals surface area contributed by atoms with E-state index in [9.17, 15) is 19.5 Å². The van der Waals surface area contributed by atoms with Crippen molar-refractivity contribution in [1.82, 2.24) is 10.2 Å². The minimum absolute atomic E-state index is 0.170. The van der Waals surface area contributed by atoms with Crippen LogP contribution in [0.2, 0.25) is 0 Å². The molecule has 0 saturated heterocycles. The number of nitriles is 1. The van der Waals surface area contributed by atoms with E-state index in [4.69, 9.17) is 5.26 Å². The molecule has 0 aliphatic carbocycles. The minimum atomic E-state index is -1.02. The smallest absolute Gasteiger partial charge is 0.304 e. The fraction of sp³-hybridized carbons (Fsp3) is 0.241. The molecule has 1 unspecified atom stereocenters. The molecule has 7 heteroatoms. The maximum absolute atomic E-state index is 13.3. The summed E-state index contributed by atoms with van der Waals surface area (Å²) in [5.74, 6) is -2.13. The first-order valence-corrected chi connectivity index (χ1v) is 11.9. The molecular formula is C29H27N3O4. The number of hydrogen-bond acceptors (Lipinski definition) is 4. The number of nitrogens with zero attached hydrogens (tertiary/aromatic N) is 2. The highest BCUT2D eigenvalue weighted by Gasteiger charge is 2.31. The molecule has 1 heterocycles. The van der Waals surface area contributed by atoms with E-state index in [1.165, 1.54) is 0 Å². The van der Waals surface area contributed by atoms with Crippen LogP contribution in [-0.2, 0) is 35.5 Å². The monoisotopic (exact) mass is 481 g/mol. The number of nitrogens with one attached hydrogen (secondary N) is 1. The molecule has 1 aliphatic rings. The standard InChI is InChI=1S/C29H27N3O4/c30-17-21-6-8-22(9-7-21)18-31-28(35)23-10-11-24-19-32(13-12-20-4-2-1-3-5-20)29(36)26(16-27(33)34)15-25(24)14-23/h1-11,14,26H,12-13,15-16,18-19H2,(H,31,35)(H,33,34). The lowest BCUT2D eigenvalue weighted by Crippen LogP contribution is -2.37. The maximum atomic E-state index is 13.3. The third-order valence-electron chi connectivity index (χ3n) is 6.43. The summed E-state index contributed by atoms with van der Waals surface area (Å²) in [5, 5.41) is 21.2. The van der Waals surface area contributed by atoms with E-state index in [1.54, 1.807) is 41.3 Å². The van der Waals surface area contributed by atoms with Crippen LogP contribution < -0.4 is 5.32 Å². The van der Waals surface area contributed by atoms with Crippen LogP contribution in [-0.4, -0.2) is 34.3 Å². The predicted molar refractivity (Wildman–Crippen MR) is 134 cm³/mol. The number of carbonyl (C=O) groups is 3. The van der Waals surface area contributed by atoms with E-state index in [0.29, 0.717) is 37.2 Å². The van der Waals surface area contributed by atoms with Gasteiger partial charge < -0.3 is 15.3 Å². The van der Waals surface area contributed by atoms with E-state index in [0.717, 1.165) is 22.3 Å². The summed E-state index contributed by atoms with van der Waals surface area (Å²) >= 11 is 0. The van der Waals surface area contributed by atoms with Crippen LogP contribution in [0, 0.1) is 17.2 Å². The maximum Gasteiger partial charge on any atom is 0.304 e. The molecule has 182 valence electrons. The lowest BCUT2D eigenvalue weighted by molar-refractivity contribution is -0.144. The average Bonchev–Trinajstić information content (AvgIpc) is 3.02. The first-order valence-electron chi connectivity index (χ1n) is 11.9. The molecule has 4 rings (SSSR count). The van der Waals surface area contributed by atoms with E-state index in [1.807, 2.05) is 36.4 Å². The molecule has 0 aromatic heterocycles. The number of amides is 2. The Balaban J connectivity index is 1.50. The number of carboxylic acid groups (broad SMARTS) is 1. The van der Waals surface area contributed by atoms with E-state index in [2.05, 4.69) is 11.4 Å². The highest BCUT2D eigenvalue weighted by atomic mass is 16.4. The highest BCUT2D eigenvalue weighted by molar-refractivity contribution is 5.94. The normalized spacial score (nSPS) is 14.9. The van der Waals surface area contributed by atoms with Crippen molar-refractivity contribution in [2.75, 3.05) is 6.54 Å². The number of carbonyl (C=O) groups excluding carboxylic acids is 2. The van der Waals surface area contributed by atoms with Crippen LogP contribution in [0.25, 0.3) is 0 Å². The lowest BCUT2D eigenvalue weighted by atomic mass is 9.93. The van der Waals surface area contributed by atoms with Crippen LogP contribution in [0.1, 0.15) is 44.6 Å². The second-order valence-electron chi connectivity index (χ2n) is 8.97. The molecule has 1 atom stereocenters. The van der Waals surface area contributed by atoms with Crippen LogP contribution >= 0.6 is 0 Å². The van der Waals surface area contributed by atoms with Gasteiger partial charge in [-0.2, -0.15) is 5.26 Å². The van der Waals surface area contributed by atoms with Gasteiger partial charge in [-0.25, -0.2) is 0 Å². The summed E-state index contributed by atoms with van der Waals surface area (Å²) < 4.78 is 0. The first-order chi connectivity index (χ1) is 17.4. The van der Waals surface area contributed by atoms with Crippen molar-refractivity contribution in [3.63, 3.8) is 0 Å². The zero-order chi connectivity index (χ0) is 25.5. The van der Waals surface area contributed by atoms with E-state index in [-0.39, 0.29) is 24.7 Å². The number of carboxylic acids is 1. The van der Waals surface area contributed by atoms with Gasteiger partial charge in [0.2, 0.25) is 5.91 Å². The summed E-state index contributed by atoms with van der Waals surface area (Å²) in [7, 11) is 0. The number of fused-ring (bicyclic) bond motifs is 1.